The molecule has 0 aliphatic carbocycles. The molecule has 0 unspecified atom stereocenters. The SMILES string of the molecule is O=Cc1c(Cl)n(-c2cccc(F)c2)c2ccccc12. The van der Waals surface area contributed by atoms with E-state index in [2.05, 4.69) is 0 Å². The van der Waals surface area contributed by atoms with Crippen molar-refractivity contribution in [3.63, 3.8) is 0 Å². The molecule has 4 heteroatoms. The molecule has 0 fully saturated rings. The standard InChI is InChI=1S/C15H9ClFNO/c16-15-13(9-19)12-6-1-2-7-14(12)18(15)11-5-3-4-10(17)8-11/h1-9H. The third kappa shape index (κ3) is 1.83. The molecule has 94 valence electrons. The molecule has 1 aromatic heterocycles. The zero-order chi connectivity index (χ0) is 13.4. The van der Waals surface area contributed by atoms with Gasteiger partial charge in [0.25, 0.3) is 0 Å². The summed E-state index contributed by atoms with van der Waals surface area (Å²) in [6, 6.07) is 13.5. The Hall–Kier alpha value is -2.13. The molecule has 0 atom stereocenters. The van der Waals surface area contributed by atoms with Crippen LogP contribution in [0.15, 0.2) is 48.5 Å². The van der Waals surface area contributed by atoms with Crippen LogP contribution in [-0.4, -0.2) is 10.9 Å². The number of carbonyl (C=O) groups excluding carboxylic acids is 1. The van der Waals surface area contributed by atoms with Gasteiger partial charge in [0.1, 0.15) is 11.0 Å². The third-order valence-electron chi connectivity index (χ3n) is 3.04. The molecule has 0 saturated heterocycles. The average Bonchev–Trinajstić information content (AvgIpc) is 2.70. The number of benzene rings is 2. The number of fused-ring (bicyclic) bond motifs is 1. The molecule has 0 aliphatic rings. The number of aldehydes is 1. The molecule has 2 aromatic carbocycles. The van der Waals surface area contributed by atoms with E-state index >= 15 is 0 Å². The smallest absolute Gasteiger partial charge is 0.153 e. The van der Waals surface area contributed by atoms with Crippen LogP contribution >= 0.6 is 11.6 Å². The van der Waals surface area contributed by atoms with E-state index < -0.39 is 0 Å². The number of carbonyl (C=O) groups is 1. The highest BCUT2D eigenvalue weighted by atomic mass is 35.5. The Labute approximate surface area is 114 Å². The molecule has 0 radical (unpaired) electrons. The number of para-hydroxylation sites is 1. The van der Waals surface area contributed by atoms with Crippen LogP contribution in [0.25, 0.3) is 16.6 Å². The van der Waals surface area contributed by atoms with Crippen molar-refractivity contribution < 1.29 is 9.18 Å². The van der Waals surface area contributed by atoms with E-state index in [-0.39, 0.29) is 5.82 Å². The minimum absolute atomic E-state index is 0.293. The Balaban J connectivity index is 2.41. The summed E-state index contributed by atoms with van der Waals surface area (Å²) in [4.78, 5) is 11.2. The highest BCUT2D eigenvalue weighted by Crippen LogP contribution is 2.31. The first-order valence-corrected chi connectivity index (χ1v) is 6.10. The van der Waals surface area contributed by atoms with Gasteiger partial charge < -0.3 is 0 Å². The number of halogens is 2. The quantitative estimate of drug-likeness (QED) is 0.640. The normalized spacial score (nSPS) is 10.8. The molecule has 2 nitrogen and oxygen atoms in total. The number of rotatable bonds is 2. The van der Waals surface area contributed by atoms with Gasteiger partial charge in [0.2, 0.25) is 0 Å². The number of aromatic nitrogens is 1. The average molecular weight is 274 g/mol. The molecule has 0 N–H and O–H groups in total. The van der Waals surface area contributed by atoms with Gasteiger partial charge in [-0.3, -0.25) is 9.36 Å². The van der Waals surface area contributed by atoms with Gasteiger partial charge >= 0.3 is 0 Å². The minimum Gasteiger partial charge on any atom is -0.299 e. The molecule has 0 spiro atoms. The zero-order valence-corrected chi connectivity index (χ0v) is 10.6. The van der Waals surface area contributed by atoms with Crippen molar-refractivity contribution >= 4 is 28.8 Å². The van der Waals surface area contributed by atoms with Crippen LogP contribution in [0.5, 0.6) is 0 Å². The fraction of sp³-hybridized carbons (Fsp3) is 0. The van der Waals surface area contributed by atoms with Crippen LogP contribution in [0.3, 0.4) is 0 Å². The van der Waals surface area contributed by atoms with Crippen molar-refractivity contribution in [2.45, 2.75) is 0 Å². The summed E-state index contributed by atoms with van der Waals surface area (Å²) in [5, 5.41) is 1.05. The lowest BCUT2D eigenvalue weighted by Gasteiger charge is -2.07. The highest BCUT2D eigenvalue weighted by Gasteiger charge is 2.15. The van der Waals surface area contributed by atoms with E-state index in [1.165, 1.54) is 12.1 Å². The summed E-state index contributed by atoms with van der Waals surface area (Å²) >= 11 is 6.25. The van der Waals surface area contributed by atoms with E-state index in [0.717, 1.165) is 17.2 Å². The summed E-state index contributed by atoms with van der Waals surface area (Å²) in [5.41, 5.74) is 1.79. The van der Waals surface area contributed by atoms with E-state index in [1.807, 2.05) is 24.3 Å². The molecule has 0 bridgehead atoms. The Kier molecular flexibility index (Phi) is 2.84. The van der Waals surface area contributed by atoms with Crippen LogP contribution < -0.4 is 0 Å². The summed E-state index contributed by atoms with van der Waals surface area (Å²) in [6.07, 6.45) is 0.723. The van der Waals surface area contributed by atoms with E-state index in [4.69, 9.17) is 11.6 Å². The summed E-state index contributed by atoms with van der Waals surface area (Å²) in [7, 11) is 0. The van der Waals surface area contributed by atoms with Crippen molar-refractivity contribution in [3.8, 4) is 5.69 Å². The maximum absolute atomic E-state index is 13.3. The van der Waals surface area contributed by atoms with Gasteiger partial charge in [0.15, 0.2) is 6.29 Å². The summed E-state index contributed by atoms with van der Waals surface area (Å²) in [6.45, 7) is 0. The topological polar surface area (TPSA) is 22.0 Å². The van der Waals surface area contributed by atoms with Gasteiger partial charge in [0, 0.05) is 11.1 Å². The van der Waals surface area contributed by atoms with Crippen molar-refractivity contribution in [2.24, 2.45) is 0 Å². The fourth-order valence-corrected chi connectivity index (χ4v) is 2.55. The molecule has 0 amide bonds. The van der Waals surface area contributed by atoms with Crippen molar-refractivity contribution in [1.29, 1.82) is 0 Å². The van der Waals surface area contributed by atoms with Gasteiger partial charge in [-0.15, -0.1) is 0 Å². The molecule has 19 heavy (non-hydrogen) atoms. The lowest BCUT2D eigenvalue weighted by molar-refractivity contribution is 0.112. The summed E-state index contributed by atoms with van der Waals surface area (Å²) in [5.74, 6) is -0.348. The highest BCUT2D eigenvalue weighted by molar-refractivity contribution is 6.34. The second-order valence-electron chi connectivity index (χ2n) is 4.15. The second-order valence-corrected chi connectivity index (χ2v) is 4.51. The molecule has 3 rings (SSSR count). The maximum Gasteiger partial charge on any atom is 0.153 e. The largest absolute Gasteiger partial charge is 0.299 e. The maximum atomic E-state index is 13.3. The Morgan fingerprint density at radius 2 is 1.89 bits per heavy atom. The van der Waals surface area contributed by atoms with Crippen LogP contribution in [0, 0.1) is 5.82 Å². The molecule has 0 saturated carbocycles. The first-order chi connectivity index (χ1) is 9.22. The number of hydrogen-bond acceptors (Lipinski definition) is 1. The number of hydrogen-bond donors (Lipinski definition) is 0. The minimum atomic E-state index is -0.348. The zero-order valence-electron chi connectivity index (χ0n) is 9.81. The van der Waals surface area contributed by atoms with Gasteiger partial charge in [-0.25, -0.2) is 4.39 Å². The van der Waals surface area contributed by atoms with E-state index in [0.29, 0.717) is 16.4 Å². The molecular weight excluding hydrogens is 265 g/mol. The lowest BCUT2D eigenvalue weighted by atomic mass is 10.2. The Morgan fingerprint density at radius 1 is 1.11 bits per heavy atom. The van der Waals surface area contributed by atoms with Crippen LogP contribution in [-0.2, 0) is 0 Å². The van der Waals surface area contributed by atoms with Gasteiger partial charge in [0.05, 0.1) is 11.1 Å². The van der Waals surface area contributed by atoms with Crippen LogP contribution in [0.1, 0.15) is 10.4 Å². The molecular formula is C15H9ClFNO. The molecule has 0 aliphatic heterocycles. The van der Waals surface area contributed by atoms with Gasteiger partial charge in [-0.05, 0) is 24.3 Å². The van der Waals surface area contributed by atoms with E-state index in [1.54, 1.807) is 16.7 Å². The first-order valence-electron chi connectivity index (χ1n) is 5.72. The Morgan fingerprint density at radius 3 is 2.63 bits per heavy atom. The molecule has 1 heterocycles. The van der Waals surface area contributed by atoms with Gasteiger partial charge in [-0.2, -0.15) is 0 Å². The van der Waals surface area contributed by atoms with Gasteiger partial charge in [-0.1, -0.05) is 35.9 Å². The Bertz CT molecular complexity index is 779. The predicted octanol–water partition coefficient (Wildman–Crippen LogP) is 4.24. The van der Waals surface area contributed by atoms with Crippen molar-refractivity contribution in [2.75, 3.05) is 0 Å². The second kappa shape index (κ2) is 4.52. The predicted molar refractivity (Wildman–Crippen MR) is 73.6 cm³/mol. The molecule has 3 aromatic rings. The monoisotopic (exact) mass is 273 g/mol. The fourth-order valence-electron chi connectivity index (χ4n) is 2.21. The van der Waals surface area contributed by atoms with Crippen molar-refractivity contribution in [3.05, 3.63) is 65.1 Å². The lowest BCUT2D eigenvalue weighted by Crippen LogP contribution is -1.94. The van der Waals surface area contributed by atoms with Crippen LogP contribution in [0.4, 0.5) is 4.39 Å². The third-order valence-corrected chi connectivity index (χ3v) is 3.41. The first kappa shape index (κ1) is 11.9. The summed E-state index contributed by atoms with van der Waals surface area (Å²) < 4.78 is 15.0. The number of nitrogens with zero attached hydrogens (tertiary/aromatic N) is 1. The van der Waals surface area contributed by atoms with Crippen LogP contribution in [0.2, 0.25) is 5.15 Å². The van der Waals surface area contributed by atoms with E-state index in [9.17, 15) is 9.18 Å². The van der Waals surface area contributed by atoms with Crippen molar-refractivity contribution in [1.82, 2.24) is 4.57 Å².